The molecule has 3 aromatic rings. The lowest BCUT2D eigenvalue weighted by Gasteiger charge is -2.16. The summed E-state index contributed by atoms with van der Waals surface area (Å²) >= 11 is 1.54. The van der Waals surface area contributed by atoms with Crippen LogP contribution in [0.25, 0.3) is 0 Å². The minimum atomic E-state index is -0.131. The molecular weight excluding hydrogens is 344 g/mol. The smallest absolute Gasteiger partial charge is 0.231 e. The maximum atomic E-state index is 12.8. The van der Waals surface area contributed by atoms with Gasteiger partial charge in [0, 0.05) is 17.6 Å². The third-order valence-corrected chi connectivity index (χ3v) is 5.16. The summed E-state index contributed by atoms with van der Waals surface area (Å²) in [5, 5.41) is 11.8. The molecule has 0 aliphatic heterocycles. The van der Waals surface area contributed by atoms with Crippen LogP contribution in [0.4, 0.5) is 5.69 Å². The zero-order valence-electron chi connectivity index (χ0n) is 14.9. The molecule has 0 spiro atoms. The van der Waals surface area contributed by atoms with Crippen molar-refractivity contribution < 1.29 is 4.79 Å². The van der Waals surface area contributed by atoms with E-state index in [1.165, 1.54) is 11.8 Å². The number of rotatable bonds is 7. The topological polar surface area (TPSA) is 59.8 Å². The second kappa shape index (κ2) is 8.67. The summed E-state index contributed by atoms with van der Waals surface area (Å²) < 4.78 is 1.87. The number of carbonyl (C=O) groups is 1. The molecule has 2 aromatic carbocycles. The normalized spacial score (nSPS) is 11.9. The van der Waals surface area contributed by atoms with Gasteiger partial charge in [-0.05, 0) is 48.0 Å². The average Bonchev–Trinajstić information content (AvgIpc) is 3.06. The molecular formula is C20H22N4OS. The molecule has 1 unspecified atom stereocenters. The maximum absolute atomic E-state index is 12.8. The molecule has 0 aliphatic rings. The van der Waals surface area contributed by atoms with Crippen LogP contribution < -0.4 is 5.32 Å². The van der Waals surface area contributed by atoms with Gasteiger partial charge in [0.25, 0.3) is 0 Å². The molecule has 3 rings (SSSR count). The molecule has 0 bridgehead atoms. The van der Waals surface area contributed by atoms with E-state index in [-0.39, 0.29) is 11.8 Å². The van der Waals surface area contributed by atoms with Crippen LogP contribution in [0.1, 0.15) is 31.2 Å². The van der Waals surface area contributed by atoms with Gasteiger partial charge in [0.15, 0.2) is 5.16 Å². The van der Waals surface area contributed by atoms with Crippen molar-refractivity contribution in [3.05, 3.63) is 66.5 Å². The molecule has 1 aromatic heterocycles. The molecule has 1 N–H and O–H groups in total. The van der Waals surface area contributed by atoms with E-state index in [0.29, 0.717) is 0 Å². The Balaban J connectivity index is 1.67. The summed E-state index contributed by atoms with van der Waals surface area (Å²) in [7, 11) is 1.91. The van der Waals surface area contributed by atoms with Crippen LogP contribution in [-0.2, 0) is 11.8 Å². The van der Waals surface area contributed by atoms with Gasteiger partial charge in [0.1, 0.15) is 6.33 Å². The van der Waals surface area contributed by atoms with Crippen LogP contribution in [0.3, 0.4) is 0 Å². The summed E-state index contributed by atoms with van der Waals surface area (Å²) in [6.07, 6.45) is 3.46. The fraction of sp³-hybridized carbons (Fsp3) is 0.250. The van der Waals surface area contributed by atoms with E-state index in [0.717, 1.165) is 34.1 Å². The third-order valence-electron chi connectivity index (χ3n) is 4.10. The highest BCUT2D eigenvalue weighted by molar-refractivity contribution is 7.99. The molecule has 0 aliphatic carbocycles. The van der Waals surface area contributed by atoms with Gasteiger partial charge in [-0.25, -0.2) is 0 Å². The van der Waals surface area contributed by atoms with Crippen molar-refractivity contribution in [1.82, 2.24) is 14.8 Å². The zero-order valence-corrected chi connectivity index (χ0v) is 15.7. The van der Waals surface area contributed by atoms with Gasteiger partial charge in [-0.15, -0.1) is 10.2 Å². The van der Waals surface area contributed by atoms with Crippen molar-refractivity contribution in [1.29, 1.82) is 0 Å². The lowest BCUT2D eigenvalue weighted by molar-refractivity contribution is -0.117. The first-order valence-corrected chi connectivity index (χ1v) is 9.46. The van der Waals surface area contributed by atoms with E-state index in [4.69, 9.17) is 0 Å². The van der Waals surface area contributed by atoms with Crippen LogP contribution in [-0.4, -0.2) is 20.7 Å². The SMILES string of the molecule is CCCC(C(=O)Nc1ccc(Sc2nncn2C)cc1)c1ccccc1. The van der Waals surface area contributed by atoms with Crippen molar-refractivity contribution in [3.63, 3.8) is 0 Å². The lowest BCUT2D eigenvalue weighted by Crippen LogP contribution is -2.21. The maximum Gasteiger partial charge on any atom is 0.231 e. The predicted octanol–water partition coefficient (Wildman–Crippen LogP) is 4.49. The molecule has 0 fully saturated rings. The van der Waals surface area contributed by atoms with Crippen LogP contribution in [0, 0.1) is 0 Å². The molecule has 5 nitrogen and oxygen atoms in total. The van der Waals surface area contributed by atoms with Crippen molar-refractivity contribution in [2.75, 3.05) is 5.32 Å². The number of hydrogen-bond donors (Lipinski definition) is 1. The van der Waals surface area contributed by atoms with Gasteiger partial charge in [0.2, 0.25) is 5.91 Å². The zero-order chi connectivity index (χ0) is 18.4. The number of aryl methyl sites for hydroxylation is 1. The minimum Gasteiger partial charge on any atom is -0.326 e. The van der Waals surface area contributed by atoms with Gasteiger partial charge in [-0.1, -0.05) is 43.7 Å². The largest absolute Gasteiger partial charge is 0.326 e. The quantitative estimate of drug-likeness (QED) is 0.669. The monoisotopic (exact) mass is 366 g/mol. The molecule has 26 heavy (non-hydrogen) atoms. The van der Waals surface area contributed by atoms with Crippen molar-refractivity contribution >= 4 is 23.4 Å². The highest BCUT2D eigenvalue weighted by Gasteiger charge is 2.19. The van der Waals surface area contributed by atoms with Crippen molar-refractivity contribution in [2.45, 2.75) is 35.7 Å². The summed E-state index contributed by atoms with van der Waals surface area (Å²) in [6.45, 7) is 2.10. The second-order valence-electron chi connectivity index (χ2n) is 6.09. The number of amides is 1. The van der Waals surface area contributed by atoms with E-state index in [9.17, 15) is 4.79 Å². The second-order valence-corrected chi connectivity index (χ2v) is 7.13. The summed E-state index contributed by atoms with van der Waals surface area (Å²) in [5.74, 6) is -0.0966. The molecule has 134 valence electrons. The molecule has 0 radical (unpaired) electrons. The number of benzene rings is 2. The first-order valence-electron chi connectivity index (χ1n) is 8.65. The number of aromatic nitrogens is 3. The summed E-state index contributed by atoms with van der Waals surface area (Å²) in [4.78, 5) is 13.8. The Kier molecular flexibility index (Phi) is 6.07. The number of nitrogens with zero attached hydrogens (tertiary/aromatic N) is 3. The Hall–Kier alpha value is -2.60. The Morgan fingerprint density at radius 2 is 1.88 bits per heavy atom. The minimum absolute atomic E-state index is 0.0340. The fourth-order valence-electron chi connectivity index (χ4n) is 2.73. The predicted molar refractivity (Wildman–Crippen MR) is 104 cm³/mol. The van der Waals surface area contributed by atoms with E-state index >= 15 is 0 Å². The van der Waals surface area contributed by atoms with Gasteiger partial charge in [-0.2, -0.15) is 0 Å². The first kappa shape index (κ1) is 18.2. The van der Waals surface area contributed by atoms with Crippen LogP contribution in [0.2, 0.25) is 0 Å². The van der Waals surface area contributed by atoms with E-state index < -0.39 is 0 Å². The standard InChI is InChI=1S/C20H22N4OS/c1-3-7-18(15-8-5-4-6-9-15)19(25)22-16-10-12-17(13-11-16)26-20-23-21-14-24(20)2/h4-6,8-14,18H,3,7H2,1-2H3,(H,22,25). The average molecular weight is 366 g/mol. The molecule has 0 saturated carbocycles. The Bertz CT molecular complexity index is 846. The Morgan fingerprint density at radius 3 is 2.50 bits per heavy atom. The summed E-state index contributed by atoms with van der Waals surface area (Å²) in [5.41, 5.74) is 1.86. The van der Waals surface area contributed by atoms with Gasteiger partial charge in [0.05, 0.1) is 5.92 Å². The fourth-order valence-corrected chi connectivity index (χ4v) is 3.49. The van der Waals surface area contributed by atoms with Crippen molar-refractivity contribution in [2.24, 2.45) is 7.05 Å². The highest BCUT2D eigenvalue weighted by Crippen LogP contribution is 2.27. The van der Waals surface area contributed by atoms with Gasteiger partial charge in [-0.3, -0.25) is 4.79 Å². The molecule has 6 heteroatoms. The molecule has 1 amide bonds. The number of anilines is 1. The molecule has 1 atom stereocenters. The Morgan fingerprint density at radius 1 is 1.15 bits per heavy atom. The van der Waals surface area contributed by atoms with Crippen LogP contribution in [0.15, 0.2) is 71.0 Å². The Labute approximate surface area is 157 Å². The van der Waals surface area contributed by atoms with Crippen molar-refractivity contribution in [3.8, 4) is 0 Å². The van der Waals surface area contributed by atoms with Gasteiger partial charge >= 0.3 is 0 Å². The van der Waals surface area contributed by atoms with E-state index in [2.05, 4.69) is 22.4 Å². The lowest BCUT2D eigenvalue weighted by atomic mass is 9.93. The number of nitrogens with one attached hydrogen (secondary N) is 1. The molecule has 0 saturated heterocycles. The number of carbonyl (C=O) groups excluding carboxylic acids is 1. The summed E-state index contributed by atoms with van der Waals surface area (Å²) in [6, 6.07) is 17.8. The van der Waals surface area contributed by atoms with Crippen LogP contribution >= 0.6 is 11.8 Å². The first-order chi connectivity index (χ1) is 12.7. The third kappa shape index (κ3) is 4.52. The van der Waals surface area contributed by atoms with E-state index in [1.807, 2.05) is 66.2 Å². The van der Waals surface area contributed by atoms with Gasteiger partial charge < -0.3 is 9.88 Å². The van der Waals surface area contributed by atoms with E-state index in [1.54, 1.807) is 6.33 Å². The number of hydrogen-bond acceptors (Lipinski definition) is 4. The van der Waals surface area contributed by atoms with Crippen LogP contribution in [0.5, 0.6) is 0 Å². The molecule has 1 heterocycles. The highest BCUT2D eigenvalue weighted by atomic mass is 32.2.